The van der Waals surface area contributed by atoms with Gasteiger partial charge in [0.15, 0.2) is 0 Å². The average Bonchev–Trinajstić information content (AvgIpc) is 3.17. The number of methoxy groups -OCH3 is 1. The first-order valence-corrected chi connectivity index (χ1v) is 7.86. The number of rotatable bonds is 3. The summed E-state index contributed by atoms with van der Waals surface area (Å²) in [6.07, 6.45) is 0.592. The molecule has 1 saturated heterocycles. The van der Waals surface area contributed by atoms with Gasteiger partial charge in [0.25, 0.3) is 0 Å². The van der Waals surface area contributed by atoms with Gasteiger partial charge in [0.05, 0.1) is 20.2 Å². The maximum Gasteiger partial charge on any atom is 0.410 e. The number of nitrogens with zero attached hydrogens (tertiary/aromatic N) is 3. The van der Waals surface area contributed by atoms with Crippen molar-refractivity contribution in [1.82, 2.24) is 14.8 Å². The summed E-state index contributed by atoms with van der Waals surface area (Å²) in [6.45, 7) is 2.14. The molecule has 9 heteroatoms. The summed E-state index contributed by atoms with van der Waals surface area (Å²) in [7, 11) is 1.52. The van der Waals surface area contributed by atoms with Gasteiger partial charge in [-0.05, 0) is 11.1 Å². The molecule has 0 aliphatic carbocycles. The monoisotopic (exact) mass is 349 g/mol. The van der Waals surface area contributed by atoms with E-state index in [9.17, 15) is 19.5 Å². The van der Waals surface area contributed by atoms with Gasteiger partial charge < -0.3 is 19.5 Å². The maximum atomic E-state index is 12.4. The lowest BCUT2D eigenvalue weighted by Crippen LogP contribution is -2.39. The lowest BCUT2D eigenvalue weighted by atomic mass is 10.2. The number of likely N-dealkylation sites (tertiary alicyclic amines) is 1. The Kier molecular flexibility index (Phi) is 4.47. The van der Waals surface area contributed by atoms with E-state index in [0.717, 1.165) is 11.1 Å². The summed E-state index contributed by atoms with van der Waals surface area (Å²) in [6, 6.07) is 0.815. The van der Waals surface area contributed by atoms with Crippen LogP contribution < -0.4 is 4.74 Å². The molecule has 0 aromatic carbocycles. The molecule has 0 bridgehead atoms. The van der Waals surface area contributed by atoms with E-state index in [1.165, 1.54) is 23.8 Å². The van der Waals surface area contributed by atoms with E-state index in [4.69, 9.17) is 9.47 Å². The van der Waals surface area contributed by atoms with Crippen molar-refractivity contribution in [1.29, 1.82) is 0 Å². The van der Waals surface area contributed by atoms with E-state index in [2.05, 4.69) is 4.98 Å². The summed E-state index contributed by atoms with van der Waals surface area (Å²) >= 11 is 0. The van der Waals surface area contributed by atoms with Crippen molar-refractivity contribution < 1.29 is 29.0 Å². The summed E-state index contributed by atoms with van der Waals surface area (Å²) in [5, 5.41) is 9.20. The predicted octanol–water partition coefficient (Wildman–Crippen LogP) is 0.616. The van der Waals surface area contributed by atoms with Gasteiger partial charge in [-0.25, -0.2) is 14.6 Å². The Labute approximate surface area is 144 Å². The number of amides is 2. The number of carboxylic acid groups (broad SMARTS) is 1. The van der Waals surface area contributed by atoms with E-state index in [-0.39, 0.29) is 18.9 Å². The molecule has 2 aliphatic rings. The van der Waals surface area contributed by atoms with Crippen LogP contribution in [0.15, 0.2) is 12.3 Å². The molecule has 3 heterocycles. The van der Waals surface area contributed by atoms with Crippen LogP contribution in [0.5, 0.6) is 5.88 Å². The van der Waals surface area contributed by atoms with Crippen LogP contribution in [-0.4, -0.2) is 63.7 Å². The fraction of sp³-hybridized carbons (Fsp3) is 0.500. The Hall–Kier alpha value is -2.84. The second-order valence-electron chi connectivity index (χ2n) is 6.12. The predicted molar refractivity (Wildman–Crippen MR) is 83.7 cm³/mol. The maximum absolute atomic E-state index is 12.4. The SMILES string of the molecule is COc1cc2c(cn1)CN(C(=O)O[C@@H]1C[C@@H](C(=O)O)N(C(C)=O)C1)C2. The van der Waals surface area contributed by atoms with Gasteiger partial charge in [0, 0.05) is 32.2 Å². The van der Waals surface area contributed by atoms with E-state index < -0.39 is 24.2 Å². The Morgan fingerprint density at radius 1 is 1.28 bits per heavy atom. The van der Waals surface area contributed by atoms with Gasteiger partial charge in [-0.1, -0.05) is 0 Å². The van der Waals surface area contributed by atoms with Crippen molar-refractivity contribution in [2.75, 3.05) is 13.7 Å². The third-order valence-corrected chi connectivity index (χ3v) is 4.47. The summed E-state index contributed by atoms with van der Waals surface area (Å²) in [5.41, 5.74) is 1.85. The lowest BCUT2D eigenvalue weighted by Gasteiger charge is -2.20. The highest BCUT2D eigenvalue weighted by molar-refractivity contribution is 5.83. The highest BCUT2D eigenvalue weighted by Crippen LogP contribution is 2.27. The first-order valence-electron chi connectivity index (χ1n) is 7.86. The highest BCUT2D eigenvalue weighted by atomic mass is 16.6. The van der Waals surface area contributed by atoms with Crippen LogP contribution in [0.2, 0.25) is 0 Å². The molecule has 3 rings (SSSR count). The number of aliphatic carboxylic acids is 1. The van der Waals surface area contributed by atoms with Gasteiger partial charge in [-0.2, -0.15) is 0 Å². The minimum atomic E-state index is -1.10. The Morgan fingerprint density at radius 3 is 2.60 bits per heavy atom. The molecule has 0 saturated carbocycles. The fourth-order valence-corrected chi connectivity index (χ4v) is 3.18. The molecular formula is C16H19N3O6. The third kappa shape index (κ3) is 3.35. The van der Waals surface area contributed by atoms with Crippen molar-refractivity contribution in [3.8, 4) is 5.88 Å². The summed E-state index contributed by atoms with van der Waals surface area (Å²) in [4.78, 5) is 42.0. The third-order valence-electron chi connectivity index (χ3n) is 4.47. The van der Waals surface area contributed by atoms with Crippen LogP contribution in [0.4, 0.5) is 4.79 Å². The molecule has 1 aromatic rings. The zero-order valence-corrected chi connectivity index (χ0v) is 14.0. The molecule has 2 atom stereocenters. The molecule has 134 valence electrons. The number of carboxylic acids is 1. The quantitative estimate of drug-likeness (QED) is 0.852. The summed E-state index contributed by atoms with van der Waals surface area (Å²) in [5.74, 6) is -0.968. The topological polar surface area (TPSA) is 109 Å². The second-order valence-corrected chi connectivity index (χ2v) is 6.12. The van der Waals surface area contributed by atoms with Crippen LogP contribution >= 0.6 is 0 Å². The van der Waals surface area contributed by atoms with Crippen LogP contribution in [0.1, 0.15) is 24.5 Å². The Bertz CT molecular complexity index is 700. The van der Waals surface area contributed by atoms with E-state index in [0.29, 0.717) is 19.0 Å². The van der Waals surface area contributed by atoms with Crippen LogP contribution in [0, 0.1) is 0 Å². The molecule has 0 unspecified atom stereocenters. The molecule has 1 fully saturated rings. The number of pyridine rings is 1. The lowest BCUT2D eigenvalue weighted by molar-refractivity contribution is -0.147. The normalized spacial score (nSPS) is 21.8. The molecule has 1 aromatic heterocycles. The molecule has 9 nitrogen and oxygen atoms in total. The zero-order valence-electron chi connectivity index (χ0n) is 14.0. The number of ether oxygens (including phenoxy) is 2. The molecule has 2 amide bonds. The smallest absolute Gasteiger partial charge is 0.410 e. The van der Waals surface area contributed by atoms with Crippen molar-refractivity contribution in [3.63, 3.8) is 0 Å². The van der Waals surface area contributed by atoms with E-state index in [1.807, 2.05) is 0 Å². The van der Waals surface area contributed by atoms with Crippen molar-refractivity contribution >= 4 is 18.0 Å². The number of carbonyl (C=O) groups is 3. The zero-order chi connectivity index (χ0) is 18.1. The Morgan fingerprint density at radius 2 is 2.00 bits per heavy atom. The van der Waals surface area contributed by atoms with Gasteiger partial charge in [0.1, 0.15) is 12.1 Å². The standard InChI is InChI=1S/C16H19N3O6/c1-9(20)19-8-12(4-13(19)15(21)22)25-16(23)18-6-10-3-14(24-2)17-5-11(10)7-18/h3,5,12-13H,4,6-8H2,1-2H3,(H,21,22)/t12-,13+/m1/s1. The number of fused-ring (bicyclic) bond motifs is 1. The number of aromatic nitrogens is 1. The van der Waals surface area contributed by atoms with Crippen LogP contribution in [0.25, 0.3) is 0 Å². The first kappa shape index (κ1) is 17.0. The molecule has 25 heavy (non-hydrogen) atoms. The fourth-order valence-electron chi connectivity index (χ4n) is 3.18. The van der Waals surface area contributed by atoms with E-state index in [1.54, 1.807) is 12.3 Å². The van der Waals surface area contributed by atoms with Gasteiger partial charge in [-0.3, -0.25) is 9.69 Å². The molecule has 2 aliphatic heterocycles. The number of hydrogen-bond donors (Lipinski definition) is 1. The van der Waals surface area contributed by atoms with Crippen molar-refractivity contribution in [2.24, 2.45) is 0 Å². The molecule has 1 N–H and O–H groups in total. The van der Waals surface area contributed by atoms with Crippen LogP contribution in [0.3, 0.4) is 0 Å². The molecular weight excluding hydrogens is 330 g/mol. The summed E-state index contributed by atoms with van der Waals surface area (Å²) < 4.78 is 10.5. The second kappa shape index (κ2) is 6.58. The van der Waals surface area contributed by atoms with Crippen molar-refractivity contribution in [3.05, 3.63) is 23.4 Å². The number of hydrogen-bond acceptors (Lipinski definition) is 6. The minimum absolute atomic E-state index is 0.0915. The van der Waals surface area contributed by atoms with Crippen LogP contribution in [-0.2, 0) is 27.4 Å². The van der Waals surface area contributed by atoms with Gasteiger partial charge >= 0.3 is 12.1 Å². The largest absolute Gasteiger partial charge is 0.481 e. The molecule has 0 radical (unpaired) electrons. The number of carbonyl (C=O) groups excluding carboxylic acids is 2. The van der Waals surface area contributed by atoms with Crippen molar-refractivity contribution in [2.45, 2.75) is 38.6 Å². The molecule has 0 spiro atoms. The minimum Gasteiger partial charge on any atom is -0.481 e. The van der Waals surface area contributed by atoms with E-state index >= 15 is 0 Å². The highest BCUT2D eigenvalue weighted by Gasteiger charge is 2.41. The van der Waals surface area contributed by atoms with Gasteiger partial charge in [-0.15, -0.1) is 0 Å². The average molecular weight is 349 g/mol. The first-order chi connectivity index (χ1) is 11.9. The Balaban J connectivity index is 1.62. The van der Waals surface area contributed by atoms with Gasteiger partial charge in [0.2, 0.25) is 11.8 Å².